The van der Waals surface area contributed by atoms with Crippen molar-refractivity contribution in [3.63, 3.8) is 0 Å². The number of hydrogen-bond acceptors (Lipinski definition) is 2. The zero-order valence-electron chi connectivity index (χ0n) is 10.3. The molecule has 1 aromatic heterocycles. The van der Waals surface area contributed by atoms with Gasteiger partial charge in [-0.25, -0.2) is 4.98 Å². The van der Waals surface area contributed by atoms with Crippen molar-refractivity contribution in [3.8, 4) is 0 Å². The van der Waals surface area contributed by atoms with Gasteiger partial charge in [-0.15, -0.1) is 0 Å². The molecule has 1 atom stereocenters. The second-order valence-corrected chi connectivity index (χ2v) is 4.55. The standard InChI is InChI=1S/C13H21ClN2/c1-4-11(5-2)9-16-10(3)12-7-6-8-15-13(12)14/h6-8,10-11,16H,4-5,9H2,1-3H3. The lowest BCUT2D eigenvalue weighted by Gasteiger charge is -2.19. The Morgan fingerprint density at radius 1 is 1.38 bits per heavy atom. The molecule has 1 N–H and O–H groups in total. The molecule has 0 aromatic carbocycles. The highest BCUT2D eigenvalue weighted by Gasteiger charge is 2.11. The van der Waals surface area contributed by atoms with Crippen molar-refractivity contribution < 1.29 is 0 Å². The summed E-state index contributed by atoms with van der Waals surface area (Å²) < 4.78 is 0. The van der Waals surface area contributed by atoms with Gasteiger partial charge < -0.3 is 5.32 Å². The zero-order chi connectivity index (χ0) is 12.0. The quantitative estimate of drug-likeness (QED) is 0.765. The SMILES string of the molecule is CCC(CC)CNC(C)c1cccnc1Cl. The third kappa shape index (κ3) is 3.76. The zero-order valence-corrected chi connectivity index (χ0v) is 11.1. The van der Waals surface area contributed by atoms with E-state index in [4.69, 9.17) is 11.6 Å². The number of aromatic nitrogens is 1. The maximum Gasteiger partial charge on any atom is 0.133 e. The Morgan fingerprint density at radius 2 is 2.06 bits per heavy atom. The topological polar surface area (TPSA) is 24.9 Å². The molecule has 1 heterocycles. The smallest absolute Gasteiger partial charge is 0.133 e. The van der Waals surface area contributed by atoms with Gasteiger partial charge in [0.25, 0.3) is 0 Å². The van der Waals surface area contributed by atoms with Crippen LogP contribution in [0, 0.1) is 5.92 Å². The predicted molar refractivity (Wildman–Crippen MR) is 69.7 cm³/mol. The maximum absolute atomic E-state index is 6.05. The molecule has 0 amide bonds. The number of rotatable bonds is 6. The molecule has 0 aliphatic carbocycles. The summed E-state index contributed by atoms with van der Waals surface area (Å²) in [5.74, 6) is 0.748. The first kappa shape index (κ1) is 13.5. The van der Waals surface area contributed by atoms with Gasteiger partial charge in [0.1, 0.15) is 5.15 Å². The van der Waals surface area contributed by atoms with Gasteiger partial charge >= 0.3 is 0 Å². The average molecular weight is 241 g/mol. The van der Waals surface area contributed by atoms with E-state index in [-0.39, 0.29) is 6.04 Å². The molecule has 16 heavy (non-hydrogen) atoms. The van der Waals surface area contributed by atoms with Gasteiger partial charge in [-0.05, 0) is 25.5 Å². The Hall–Kier alpha value is -0.600. The Morgan fingerprint density at radius 3 is 2.62 bits per heavy atom. The summed E-state index contributed by atoms with van der Waals surface area (Å²) in [4.78, 5) is 4.09. The second-order valence-electron chi connectivity index (χ2n) is 4.20. The molecule has 1 rings (SSSR count). The van der Waals surface area contributed by atoms with Gasteiger partial charge in [0, 0.05) is 17.8 Å². The van der Waals surface area contributed by atoms with E-state index in [9.17, 15) is 0 Å². The van der Waals surface area contributed by atoms with Crippen molar-refractivity contribution in [3.05, 3.63) is 29.0 Å². The van der Waals surface area contributed by atoms with Crippen LogP contribution in [0.1, 0.15) is 45.2 Å². The van der Waals surface area contributed by atoms with Crippen molar-refractivity contribution >= 4 is 11.6 Å². The van der Waals surface area contributed by atoms with Gasteiger partial charge in [-0.1, -0.05) is 44.4 Å². The number of nitrogens with zero attached hydrogens (tertiary/aromatic N) is 1. The first-order valence-electron chi connectivity index (χ1n) is 6.02. The number of nitrogens with one attached hydrogen (secondary N) is 1. The van der Waals surface area contributed by atoms with Crippen LogP contribution in [0.4, 0.5) is 0 Å². The maximum atomic E-state index is 6.05. The molecular formula is C13H21ClN2. The minimum atomic E-state index is 0.266. The Balaban J connectivity index is 2.52. The lowest BCUT2D eigenvalue weighted by atomic mass is 10.0. The van der Waals surface area contributed by atoms with E-state index < -0.39 is 0 Å². The summed E-state index contributed by atoms with van der Waals surface area (Å²) in [6.45, 7) is 7.64. The van der Waals surface area contributed by atoms with Crippen molar-refractivity contribution in [2.45, 2.75) is 39.7 Å². The molecule has 0 saturated heterocycles. The summed E-state index contributed by atoms with van der Waals surface area (Å²) >= 11 is 6.05. The van der Waals surface area contributed by atoms with E-state index in [2.05, 4.69) is 31.1 Å². The van der Waals surface area contributed by atoms with Gasteiger partial charge in [0.05, 0.1) is 0 Å². The van der Waals surface area contributed by atoms with E-state index in [1.54, 1.807) is 6.20 Å². The van der Waals surface area contributed by atoms with Gasteiger partial charge in [0.2, 0.25) is 0 Å². The molecule has 0 bridgehead atoms. The average Bonchev–Trinajstić information content (AvgIpc) is 2.30. The molecule has 2 nitrogen and oxygen atoms in total. The normalized spacial score (nSPS) is 13.1. The van der Waals surface area contributed by atoms with Crippen molar-refractivity contribution in [1.29, 1.82) is 0 Å². The minimum Gasteiger partial charge on any atom is -0.310 e. The molecule has 3 heteroatoms. The minimum absolute atomic E-state index is 0.266. The number of pyridine rings is 1. The van der Waals surface area contributed by atoms with E-state index in [1.807, 2.05) is 12.1 Å². The Bertz CT molecular complexity index is 311. The first-order valence-corrected chi connectivity index (χ1v) is 6.40. The van der Waals surface area contributed by atoms with Crippen LogP contribution >= 0.6 is 11.6 Å². The van der Waals surface area contributed by atoms with E-state index in [0.29, 0.717) is 5.15 Å². The third-order valence-corrected chi connectivity index (χ3v) is 3.44. The number of hydrogen-bond donors (Lipinski definition) is 1. The highest BCUT2D eigenvalue weighted by atomic mass is 35.5. The van der Waals surface area contributed by atoms with Gasteiger partial charge in [-0.2, -0.15) is 0 Å². The fraction of sp³-hybridized carbons (Fsp3) is 0.615. The molecule has 0 spiro atoms. The molecule has 1 unspecified atom stereocenters. The summed E-state index contributed by atoms with van der Waals surface area (Å²) in [5.41, 5.74) is 1.08. The molecular weight excluding hydrogens is 220 g/mol. The summed E-state index contributed by atoms with van der Waals surface area (Å²) in [7, 11) is 0. The van der Waals surface area contributed by atoms with E-state index >= 15 is 0 Å². The number of halogens is 1. The highest BCUT2D eigenvalue weighted by molar-refractivity contribution is 6.30. The molecule has 0 aliphatic rings. The van der Waals surface area contributed by atoms with Crippen molar-refractivity contribution in [2.75, 3.05) is 6.54 Å². The predicted octanol–water partition coefficient (Wildman–Crippen LogP) is 3.82. The van der Waals surface area contributed by atoms with Crippen molar-refractivity contribution in [1.82, 2.24) is 10.3 Å². The van der Waals surface area contributed by atoms with Crippen LogP contribution in [0.2, 0.25) is 5.15 Å². The van der Waals surface area contributed by atoms with Gasteiger partial charge in [0.15, 0.2) is 0 Å². The summed E-state index contributed by atoms with van der Waals surface area (Å²) in [5, 5.41) is 4.12. The van der Waals surface area contributed by atoms with Crippen LogP contribution in [0.3, 0.4) is 0 Å². The van der Waals surface area contributed by atoms with Crippen LogP contribution in [0.5, 0.6) is 0 Å². The van der Waals surface area contributed by atoms with Crippen LogP contribution in [0.15, 0.2) is 18.3 Å². The van der Waals surface area contributed by atoms with Crippen LogP contribution in [0.25, 0.3) is 0 Å². The lowest BCUT2D eigenvalue weighted by molar-refractivity contribution is 0.422. The molecule has 90 valence electrons. The second kappa shape index (κ2) is 6.87. The molecule has 0 saturated carbocycles. The van der Waals surface area contributed by atoms with Crippen LogP contribution in [-0.2, 0) is 0 Å². The van der Waals surface area contributed by atoms with E-state index in [0.717, 1.165) is 18.0 Å². The summed E-state index contributed by atoms with van der Waals surface area (Å²) in [6.07, 6.45) is 4.16. The Kier molecular flexibility index (Phi) is 5.78. The molecule has 1 aromatic rings. The lowest BCUT2D eigenvalue weighted by Crippen LogP contribution is -2.25. The molecule has 0 aliphatic heterocycles. The van der Waals surface area contributed by atoms with Crippen molar-refractivity contribution in [2.24, 2.45) is 5.92 Å². The first-order chi connectivity index (χ1) is 7.69. The Labute approximate surface area is 103 Å². The van der Waals surface area contributed by atoms with Gasteiger partial charge in [-0.3, -0.25) is 0 Å². The van der Waals surface area contributed by atoms with Crippen LogP contribution < -0.4 is 5.32 Å². The fourth-order valence-electron chi connectivity index (χ4n) is 1.75. The molecule has 0 fully saturated rings. The monoisotopic (exact) mass is 240 g/mol. The molecule has 0 radical (unpaired) electrons. The highest BCUT2D eigenvalue weighted by Crippen LogP contribution is 2.20. The van der Waals surface area contributed by atoms with Crippen LogP contribution in [-0.4, -0.2) is 11.5 Å². The fourth-order valence-corrected chi connectivity index (χ4v) is 2.04. The summed E-state index contributed by atoms with van der Waals surface area (Å²) in [6, 6.07) is 4.22. The third-order valence-electron chi connectivity index (χ3n) is 3.12. The van der Waals surface area contributed by atoms with E-state index in [1.165, 1.54) is 12.8 Å². The largest absolute Gasteiger partial charge is 0.310 e.